The maximum atomic E-state index is 11.0. The summed E-state index contributed by atoms with van der Waals surface area (Å²) in [5.74, 6) is 0.795. The zero-order valence-electron chi connectivity index (χ0n) is 9.88. The summed E-state index contributed by atoms with van der Waals surface area (Å²) < 4.78 is 6.92. The fourth-order valence-corrected chi connectivity index (χ4v) is 1.79. The lowest BCUT2D eigenvalue weighted by molar-refractivity contribution is 0.112. The molecule has 0 bridgehead atoms. The van der Waals surface area contributed by atoms with Gasteiger partial charge in [-0.3, -0.25) is 9.48 Å². The van der Waals surface area contributed by atoms with Crippen LogP contribution in [0.2, 0.25) is 0 Å². The van der Waals surface area contributed by atoms with Crippen LogP contribution in [0.25, 0.3) is 11.3 Å². The smallest absolute Gasteiger partial charge is 0.153 e. The fraction of sp³-hybridized carbons (Fsp3) is 0.231. The van der Waals surface area contributed by atoms with Gasteiger partial charge in [-0.15, -0.1) is 0 Å². The van der Waals surface area contributed by atoms with Gasteiger partial charge in [-0.05, 0) is 31.2 Å². The molecule has 0 saturated heterocycles. The average molecular weight is 230 g/mol. The summed E-state index contributed by atoms with van der Waals surface area (Å²) in [6.45, 7) is 2.73. The van der Waals surface area contributed by atoms with Gasteiger partial charge in [0.25, 0.3) is 0 Å². The predicted molar refractivity (Wildman–Crippen MR) is 65.3 cm³/mol. The van der Waals surface area contributed by atoms with Crippen molar-refractivity contribution in [2.45, 2.75) is 13.5 Å². The molecule has 17 heavy (non-hydrogen) atoms. The summed E-state index contributed by atoms with van der Waals surface area (Å²) in [6, 6.07) is 7.60. The number of nitrogens with zero attached hydrogens (tertiary/aromatic N) is 2. The Bertz CT molecular complexity index is 515. The molecule has 88 valence electrons. The number of hydrogen-bond acceptors (Lipinski definition) is 3. The largest absolute Gasteiger partial charge is 0.497 e. The molecule has 0 atom stereocenters. The molecule has 0 N–H and O–H groups in total. The van der Waals surface area contributed by atoms with Crippen LogP contribution in [-0.4, -0.2) is 23.2 Å². The van der Waals surface area contributed by atoms with Gasteiger partial charge in [-0.2, -0.15) is 5.10 Å². The summed E-state index contributed by atoms with van der Waals surface area (Å²) in [4.78, 5) is 11.0. The minimum atomic E-state index is 0.608. The predicted octanol–water partition coefficient (Wildman–Crippen LogP) is 2.39. The lowest BCUT2D eigenvalue weighted by Crippen LogP contribution is -2.00. The first kappa shape index (κ1) is 11.4. The first-order valence-electron chi connectivity index (χ1n) is 5.45. The summed E-state index contributed by atoms with van der Waals surface area (Å²) in [7, 11) is 1.63. The van der Waals surface area contributed by atoms with E-state index in [4.69, 9.17) is 4.74 Å². The number of carbonyl (C=O) groups is 1. The van der Waals surface area contributed by atoms with Crippen molar-refractivity contribution >= 4 is 6.29 Å². The zero-order chi connectivity index (χ0) is 12.3. The molecule has 0 fully saturated rings. The van der Waals surface area contributed by atoms with Crippen LogP contribution < -0.4 is 4.74 Å². The lowest BCUT2D eigenvalue weighted by Gasteiger charge is -2.07. The van der Waals surface area contributed by atoms with Gasteiger partial charge < -0.3 is 4.74 Å². The third-order valence-electron chi connectivity index (χ3n) is 2.66. The molecule has 2 aromatic rings. The van der Waals surface area contributed by atoms with Crippen LogP contribution in [0.4, 0.5) is 0 Å². The van der Waals surface area contributed by atoms with E-state index in [1.165, 1.54) is 0 Å². The summed E-state index contributed by atoms with van der Waals surface area (Å²) in [6.07, 6.45) is 2.43. The molecule has 0 aliphatic rings. The third kappa shape index (κ3) is 2.06. The highest BCUT2D eigenvalue weighted by Gasteiger charge is 2.11. The standard InChI is InChI=1S/C13H14N2O2/c1-3-15-13(11(9-16)8-14-15)10-4-6-12(17-2)7-5-10/h4-9H,3H2,1-2H3. The Balaban J connectivity index is 2.50. The highest BCUT2D eigenvalue weighted by atomic mass is 16.5. The summed E-state index contributed by atoms with van der Waals surface area (Å²) in [5.41, 5.74) is 2.43. The van der Waals surface area contributed by atoms with E-state index in [-0.39, 0.29) is 0 Å². The molecule has 1 heterocycles. The fourth-order valence-electron chi connectivity index (χ4n) is 1.79. The Hall–Kier alpha value is -2.10. The van der Waals surface area contributed by atoms with E-state index in [9.17, 15) is 4.79 Å². The second-order valence-corrected chi connectivity index (χ2v) is 3.61. The first-order valence-corrected chi connectivity index (χ1v) is 5.45. The average Bonchev–Trinajstić information content (AvgIpc) is 2.81. The molecular formula is C13H14N2O2. The van der Waals surface area contributed by atoms with E-state index in [1.54, 1.807) is 13.3 Å². The Morgan fingerprint density at radius 1 is 1.35 bits per heavy atom. The van der Waals surface area contributed by atoms with Crippen molar-refractivity contribution in [2.75, 3.05) is 7.11 Å². The number of ether oxygens (including phenoxy) is 1. The number of aryl methyl sites for hydroxylation is 1. The van der Waals surface area contributed by atoms with E-state index < -0.39 is 0 Å². The van der Waals surface area contributed by atoms with Crippen LogP contribution >= 0.6 is 0 Å². The van der Waals surface area contributed by atoms with Crippen LogP contribution in [0.5, 0.6) is 5.75 Å². The molecule has 0 aliphatic carbocycles. The van der Waals surface area contributed by atoms with Crippen molar-refractivity contribution in [3.8, 4) is 17.0 Å². The second kappa shape index (κ2) is 4.82. The molecule has 1 aromatic heterocycles. The molecule has 0 aliphatic heterocycles. The van der Waals surface area contributed by atoms with E-state index in [0.717, 1.165) is 29.8 Å². The van der Waals surface area contributed by atoms with Crippen molar-refractivity contribution in [1.29, 1.82) is 0 Å². The number of aldehydes is 1. The number of carbonyl (C=O) groups excluding carboxylic acids is 1. The number of benzene rings is 1. The third-order valence-corrected chi connectivity index (χ3v) is 2.66. The molecule has 4 nitrogen and oxygen atoms in total. The molecule has 0 unspecified atom stereocenters. The van der Waals surface area contributed by atoms with Crippen LogP contribution in [0, 0.1) is 0 Å². The maximum absolute atomic E-state index is 11.0. The summed E-state index contributed by atoms with van der Waals surface area (Å²) >= 11 is 0. The Kier molecular flexibility index (Phi) is 3.23. The Morgan fingerprint density at radius 3 is 2.59 bits per heavy atom. The van der Waals surface area contributed by atoms with E-state index in [0.29, 0.717) is 5.56 Å². The van der Waals surface area contributed by atoms with Crippen LogP contribution in [0.1, 0.15) is 17.3 Å². The molecule has 0 radical (unpaired) electrons. The zero-order valence-corrected chi connectivity index (χ0v) is 9.88. The molecule has 0 amide bonds. The van der Waals surface area contributed by atoms with Crippen molar-refractivity contribution in [3.05, 3.63) is 36.0 Å². The molecule has 2 rings (SSSR count). The minimum absolute atomic E-state index is 0.608. The van der Waals surface area contributed by atoms with Gasteiger partial charge in [0, 0.05) is 12.1 Å². The van der Waals surface area contributed by atoms with Gasteiger partial charge in [0.1, 0.15) is 5.75 Å². The second-order valence-electron chi connectivity index (χ2n) is 3.61. The first-order chi connectivity index (χ1) is 8.30. The van der Waals surface area contributed by atoms with Gasteiger partial charge in [0.2, 0.25) is 0 Å². The Morgan fingerprint density at radius 2 is 2.06 bits per heavy atom. The molecular weight excluding hydrogens is 216 g/mol. The topological polar surface area (TPSA) is 44.1 Å². The van der Waals surface area contributed by atoms with Crippen molar-refractivity contribution in [1.82, 2.24) is 9.78 Å². The van der Waals surface area contributed by atoms with Crippen molar-refractivity contribution < 1.29 is 9.53 Å². The highest BCUT2D eigenvalue weighted by Crippen LogP contribution is 2.24. The molecule has 0 saturated carbocycles. The highest BCUT2D eigenvalue weighted by molar-refractivity contribution is 5.85. The minimum Gasteiger partial charge on any atom is -0.497 e. The molecule has 0 spiro atoms. The van der Waals surface area contributed by atoms with Gasteiger partial charge in [-0.25, -0.2) is 0 Å². The number of rotatable bonds is 4. The quantitative estimate of drug-likeness (QED) is 0.757. The molecule has 4 heteroatoms. The van der Waals surface area contributed by atoms with Crippen molar-refractivity contribution in [3.63, 3.8) is 0 Å². The number of methoxy groups -OCH3 is 1. The number of aromatic nitrogens is 2. The number of hydrogen-bond donors (Lipinski definition) is 0. The summed E-state index contributed by atoms with van der Waals surface area (Å²) in [5, 5.41) is 4.18. The SMILES string of the molecule is CCn1ncc(C=O)c1-c1ccc(OC)cc1. The van der Waals surface area contributed by atoms with E-state index in [2.05, 4.69) is 5.10 Å². The monoisotopic (exact) mass is 230 g/mol. The van der Waals surface area contributed by atoms with Gasteiger partial charge in [-0.1, -0.05) is 0 Å². The van der Waals surface area contributed by atoms with Crippen LogP contribution in [0.15, 0.2) is 30.5 Å². The lowest BCUT2D eigenvalue weighted by atomic mass is 10.1. The molecule has 1 aromatic carbocycles. The normalized spacial score (nSPS) is 10.2. The van der Waals surface area contributed by atoms with E-state index in [1.807, 2.05) is 35.9 Å². The van der Waals surface area contributed by atoms with Crippen LogP contribution in [-0.2, 0) is 6.54 Å². The van der Waals surface area contributed by atoms with Crippen molar-refractivity contribution in [2.24, 2.45) is 0 Å². The maximum Gasteiger partial charge on any atom is 0.153 e. The van der Waals surface area contributed by atoms with E-state index >= 15 is 0 Å². The van der Waals surface area contributed by atoms with Gasteiger partial charge in [0.15, 0.2) is 6.29 Å². The van der Waals surface area contributed by atoms with Gasteiger partial charge >= 0.3 is 0 Å². The van der Waals surface area contributed by atoms with Gasteiger partial charge in [0.05, 0.1) is 24.6 Å². The van der Waals surface area contributed by atoms with Crippen LogP contribution in [0.3, 0.4) is 0 Å². The Labute approximate surface area is 99.8 Å².